The van der Waals surface area contributed by atoms with Crippen LogP contribution in [0.3, 0.4) is 0 Å². The van der Waals surface area contributed by atoms with E-state index in [0.717, 1.165) is 6.26 Å². The van der Waals surface area contributed by atoms with E-state index in [1.807, 2.05) is 24.3 Å². The molecule has 0 saturated heterocycles. The summed E-state index contributed by atoms with van der Waals surface area (Å²) in [5.41, 5.74) is 1.40. The third kappa shape index (κ3) is 5.58. The fraction of sp³-hybridized carbons (Fsp3) is 0.208. The highest BCUT2D eigenvalue weighted by Crippen LogP contribution is 2.34. The molecule has 34 heavy (non-hydrogen) atoms. The summed E-state index contributed by atoms with van der Waals surface area (Å²) in [6.07, 6.45) is 0.797. The Kier molecular flexibility index (Phi) is 7.21. The summed E-state index contributed by atoms with van der Waals surface area (Å²) in [5.74, 6) is 1.06. The van der Waals surface area contributed by atoms with Crippen LogP contribution in [-0.4, -0.2) is 39.8 Å². The van der Waals surface area contributed by atoms with Gasteiger partial charge in [-0.15, -0.1) is 0 Å². The fourth-order valence-electron chi connectivity index (χ4n) is 3.47. The van der Waals surface area contributed by atoms with Gasteiger partial charge in [-0.05, 0) is 42.0 Å². The molecule has 0 spiro atoms. The summed E-state index contributed by atoms with van der Waals surface area (Å²) in [5, 5.41) is 3.26. The van der Waals surface area contributed by atoms with Crippen LogP contribution in [0.15, 0.2) is 66.7 Å². The van der Waals surface area contributed by atoms with Crippen molar-refractivity contribution in [3.63, 3.8) is 0 Å². The predicted octanol–water partition coefficient (Wildman–Crippen LogP) is 4.53. The summed E-state index contributed by atoms with van der Waals surface area (Å²) < 4.78 is 37.5. The lowest BCUT2D eigenvalue weighted by Crippen LogP contribution is -2.40. The lowest BCUT2D eigenvalue weighted by Gasteiger charge is -2.26. The largest absolute Gasteiger partial charge is 0.486 e. The Balaban J connectivity index is 1.40. The van der Waals surface area contributed by atoms with E-state index in [9.17, 15) is 13.2 Å². The molecule has 0 saturated carbocycles. The number of para-hydroxylation sites is 2. The molecule has 4 rings (SSSR count). The highest BCUT2D eigenvalue weighted by atomic mass is 35.5. The zero-order valence-electron chi connectivity index (χ0n) is 18.2. The zero-order chi connectivity index (χ0) is 24.3. The van der Waals surface area contributed by atoms with E-state index in [2.05, 4.69) is 5.32 Å². The Labute approximate surface area is 208 Å². The van der Waals surface area contributed by atoms with Crippen LogP contribution in [0.5, 0.6) is 11.5 Å². The van der Waals surface area contributed by atoms with Gasteiger partial charge >= 0.3 is 0 Å². The topological polar surface area (TPSA) is 84.9 Å². The molecular formula is C24H22Cl2N2O5S. The first-order chi connectivity index (χ1) is 16.2. The molecule has 10 heteroatoms. The molecule has 1 atom stereocenters. The van der Waals surface area contributed by atoms with Crippen molar-refractivity contribution in [3.05, 3.63) is 87.9 Å². The molecule has 0 radical (unpaired) electrons. The van der Waals surface area contributed by atoms with Gasteiger partial charge in [0.05, 0.1) is 35.1 Å². The molecule has 0 fully saturated rings. The summed E-state index contributed by atoms with van der Waals surface area (Å²) in [6, 6.07) is 18.9. The van der Waals surface area contributed by atoms with Crippen LogP contribution in [0, 0.1) is 0 Å². The number of nitrogens with zero attached hydrogens (tertiary/aromatic N) is 1. The van der Waals surface area contributed by atoms with Crippen LogP contribution in [0.25, 0.3) is 0 Å². The van der Waals surface area contributed by atoms with Crippen LogP contribution in [0.1, 0.15) is 15.9 Å². The molecule has 1 aliphatic rings. The molecule has 0 aromatic heterocycles. The number of hydrogen-bond acceptors (Lipinski definition) is 5. The second-order valence-electron chi connectivity index (χ2n) is 7.75. The van der Waals surface area contributed by atoms with Gasteiger partial charge in [0.25, 0.3) is 5.91 Å². The standard InChI is InChI=1S/C24H22Cl2N2O5S/c1-34(30,31)28(20-6-4-5-19(25)23(20)26)14-16-9-11-17(12-10-16)24(29)27-13-18-15-32-21-7-2-3-8-22(21)33-18/h2-12,18H,13-15H2,1H3,(H,27,29)/t18-/m1/s1. The lowest BCUT2D eigenvalue weighted by atomic mass is 10.1. The monoisotopic (exact) mass is 520 g/mol. The molecule has 3 aromatic carbocycles. The Morgan fingerprint density at radius 3 is 2.44 bits per heavy atom. The molecule has 3 aromatic rings. The molecule has 0 aliphatic carbocycles. The van der Waals surface area contributed by atoms with Gasteiger partial charge in [-0.25, -0.2) is 8.42 Å². The van der Waals surface area contributed by atoms with Crippen molar-refractivity contribution in [2.24, 2.45) is 0 Å². The number of anilines is 1. The predicted molar refractivity (Wildman–Crippen MR) is 133 cm³/mol. The summed E-state index contributed by atoms with van der Waals surface area (Å²) in [7, 11) is -3.64. The summed E-state index contributed by atoms with van der Waals surface area (Å²) >= 11 is 12.3. The normalized spacial score (nSPS) is 15.0. The van der Waals surface area contributed by atoms with Crippen molar-refractivity contribution in [1.82, 2.24) is 5.32 Å². The number of rotatable bonds is 7. The number of benzene rings is 3. The number of nitrogens with one attached hydrogen (secondary N) is 1. The first kappa shape index (κ1) is 24.2. The van der Waals surface area contributed by atoms with E-state index in [0.29, 0.717) is 29.2 Å². The quantitative estimate of drug-likeness (QED) is 0.494. The number of ether oxygens (including phenoxy) is 2. The molecule has 0 unspecified atom stereocenters. The van der Waals surface area contributed by atoms with E-state index in [1.54, 1.807) is 42.5 Å². The summed E-state index contributed by atoms with van der Waals surface area (Å²) in [6.45, 7) is 0.654. The smallest absolute Gasteiger partial charge is 0.251 e. The number of carbonyl (C=O) groups excluding carboxylic acids is 1. The third-order valence-corrected chi connectivity index (χ3v) is 7.14. The van der Waals surface area contributed by atoms with Gasteiger partial charge in [-0.3, -0.25) is 9.10 Å². The van der Waals surface area contributed by atoms with Gasteiger partial charge in [-0.1, -0.05) is 53.5 Å². The average Bonchev–Trinajstić information content (AvgIpc) is 2.82. The van der Waals surface area contributed by atoms with Gasteiger partial charge in [-0.2, -0.15) is 0 Å². The number of halogens is 2. The first-order valence-electron chi connectivity index (χ1n) is 10.4. The van der Waals surface area contributed by atoms with Crippen molar-refractivity contribution in [2.45, 2.75) is 12.6 Å². The first-order valence-corrected chi connectivity index (χ1v) is 13.0. The van der Waals surface area contributed by atoms with E-state index in [-0.39, 0.29) is 40.8 Å². The molecule has 1 amide bonds. The molecule has 0 bridgehead atoms. The third-order valence-electron chi connectivity index (χ3n) is 5.20. The van der Waals surface area contributed by atoms with Crippen molar-refractivity contribution in [1.29, 1.82) is 0 Å². The minimum Gasteiger partial charge on any atom is -0.486 e. The van der Waals surface area contributed by atoms with E-state index in [4.69, 9.17) is 32.7 Å². The minimum atomic E-state index is -3.64. The Hall–Kier alpha value is -2.94. The van der Waals surface area contributed by atoms with E-state index < -0.39 is 10.0 Å². The van der Waals surface area contributed by atoms with Crippen LogP contribution >= 0.6 is 23.2 Å². The maximum atomic E-state index is 12.6. The van der Waals surface area contributed by atoms with Crippen molar-refractivity contribution in [2.75, 3.05) is 23.7 Å². The number of fused-ring (bicyclic) bond motifs is 1. The number of sulfonamides is 1. The van der Waals surface area contributed by atoms with Crippen LogP contribution < -0.4 is 19.1 Å². The minimum absolute atomic E-state index is 0.0352. The van der Waals surface area contributed by atoms with Gasteiger partial charge in [0.15, 0.2) is 11.5 Å². The van der Waals surface area contributed by atoms with E-state index >= 15 is 0 Å². The average molecular weight is 521 g/mol. The fourth-order valence-corrected chi connectivity index (χ4v) is 4.81. The highest BCUT2D eigenvalue weighted by molar-refractivity contribution is 7.92. The van der Waals surface area contributed by atoms with Gasteiger partial charge in [0, 0.05) is 5.56 Å². The van der Waals surface area contributed by atoms with Crippen molar-refractivity contribution < 1.29 is 22.7 Å². The zero-order valence-corrected chi connectivity index (χ0v) is 20.5. The molecule has 1 heterocycles. The van der Waals surface area contributed by atoms with E-state index in [1.165, 1.54) is 4.31 Å². The van der Waals surface area contributed by atoms with Gasteiger partial charge < -0.3 is 14.8 Å². The van der Waals surface area contributed by atoms with Crippen molar-refractivity contribution >= 4 is 44.8 Å². The van der Waals surface area contributed by atoms with Crippen LogP contribution in [0.2, 0.25) is 10.0 Å². The summed E-state index contributed by atoms with van der Waals surface area (Å²) in [4.78, 5) is 12.6. The van der Waals surface area contributed by atoms with Crippen LogP contribution in [0.4, 0.5) is 5.69 Å². The SMILES string of the molecule is CS(=O)(=O)N(Cc1ccc(C(=O)NC[C@@H]2COc3ccccc3O2)cc1)c1cccc(Cl)c1Cl. The Morgan fingerprint density at radius 1 is 1.03 bits per heavy atom. The van der Waals surface area contributed by atoms with Gasteiger partial charge in [0.2, 0.25) is 10.0 Å². The molecule has 1 N–H and O–H groups in total. The number of amides is 1. The second-order valence-corrected chi connectivity index (χ2v) is 10.4. The van der Waals surface area contributed by atoms with Crippen LogP contribution in [-0.2, 0) is 16.6 Å². The molecule has 7 nitrogen and oxygen atoms in total. The van der Waals surface area contributed by atoms with Crippen molar-refractivity contribution in [3.8, 4) is 11.5 Å². The lowest BCUT2D eigenvalue weighted by molar-refractivity contribution is 0.0789. The molecule has 178 valence electrons. The molecule has 1 aliphatic heterocycles. The Morgan fingerprint density at radius 2 is 1.74 bits per heavy atom. The number of hydrogen-bond donors (Lipinski definition) is 1. The maximum Gasteiger partial charge on any atom is 0.251 e. The second kappa shape index (κ2) is 10.1. The van der Waals surface area contributed by atoms with Gasteiger partial charge in [0.1, 0.15) is 12.7 Å². The highest BCUT2D eigenvalue weighted by Gasteiger charge is 2.23. The maximum absolute atomic E-state index is 12.6. The Bertz CT molecular complexity index is 1300. The number of carbonyl (C=O) groups is 1. The molecular weight excluding hydrogens is 499 g/mol.